The van der Waals surface area contributed by atoms with Crippen molar-refractivity contribution in [3.8, 4) is 0 Å². The number of carbonyl (C=O) groups is 2. The van der Waals surface area contributed by atoms with Gasteiger partial charge in [-0.25, -0.2) is 4.79 Å². The predicted molar refractivity (Wildman–Crippen MR) is 87.3 cm³/mol. The van der Waals surface area contributed by atoms with Crippen LogP contribution in [0.1, 0.15) is 23.5 Å². The maximum Gasteiger partial charge on any atom is 0.348 e. The lowest BCUT2D eigenvalue weighted by Gasteiger charge is -2.07. The molecule has 1 aromatic carbocycles. The molecule has 0 unspecified atom stereocenters. The topological polar surface area (TPSA) is 81.4 Å². The van der Waals surface area contributed by atoms with Crippen molar-refractivity contribution in [1.82, 2.24) is 0 Å². The fourth-order valence-corrected chi connectivity index (χ4v) is 2.62. The average molecular weight is 329 g/mol. The van der Waals surface area contributed by atoms with Crippen LogP contribution in [-0.2, 0) is 9.53 Å². The van der Waals surface area contributed by atoms with E-state index in [-0.39, 0.29) is 24.3 Å². The Morgan fingerprint density at radius 1 is 1.38 bits per heavy atom. The molecule has 0 saturated heterocycles. The van der Waals surface area contributed by atoms with Crippen LogP contribution in [0, 0.1) is 0 Å². The van der Waals surface area contributed by atoms with Gasteiger partial charge in [0.2, 0.25) is 5.91 Å². The van der Waals surface area contributed by atoms with E-state index in [0.717, 1.165) is 10.1 Å². The van der Waals surface area contributed by atoms with Crippen molar-refractivity contribution in [3.05, 3.63) is 29.1 Å². The van der Waals surface area contributed by atoms with Gasteiger partial charge in [0.25, 0.3) is 0 Å². The number of nitrogens with two attached hydrogens (primary N) is 1. The number of esters is 1. The van der Waals surface area contributed by atoms with Crippen molar-refractivity contribution < 1.29 is 14.3 Å². The smallest absolute Gasteiger partial charge is 0.348 e. The van der Waals surface area contributed by atoms with Gasteiger partial charge >= 0.3 is 5.97 Å². The van der Waals surface area contributed by atoms with E-state index in [0.29, 0.717) is 17.2 Å². The fraction of sp³-hybridized carbons (Fsp3) is 0.286. The maximum absolute atomic E-state index is 11.7. The molecule has 0 aliphatic heterocycles. The van der Waals surface area contributed by atoms with Crippen LogP contribution in [0.2, 0.25) is 0 Å². The Hall–Kier alpha value is -1.63. The van der Waals surface area contributed by atoms with Crippen molar-refractivity contribution in [2.45, 2.75) is 19.9 Å². The Morgan fingerprint density at radius 3 is 2.71 bits per heavy atom. The number of rotatable bonds is 4. The molecule has 0 saturated carbocycles. The van der Waals surface area contributed by atoms with Gasteiger partial charge in [-0.3, -0.25) is 4.79 Å². The number of thiophene rings is 1. The number of carbonyl (C=O) groups excluding carboxylic acids is 2. The van der Waals surface area contributed by atoms with Gasteiger partial charge in [0, 0.05) is 10.4 Å². The van der Waals surface area contributed by atoms with Crippen molar-refractivity contribution in [2.75, 3.05) is 11.9 Å². The number of ether oxygens (including phenoxy) is 1. The Bertz CT molecular complexity index is 655. The first-order valence-electron chi connectivity index (χ1n) is 6.28. The van der Waals surface area contributed by atoms with E-state index in [1.165, 1.54) is 11.3 Å². The molecule has 3 N–H and O–H groups in total. The van der Waals surface area contributed by atoms with Crippen LogP contribution in [-0.4, -0.2) is 24.5 Å². The summed E-state index contributed by atoms with van der Waals surface area (Å²) in [4.78, 5) is 23.8. The first-order chi connectivity index (χ1) is 9.51. The van der Waals surface area contributed by atoms with Gasteiger partial charge in [-0.2, -0.15) is 0 Å². The largest absolute Gasteiger partial charge is 0.462 e. The summed E-state index contributed by atoms with van der Waals surface area (Å²) in [6.45, 7) is 3.74. The van der Waals surface area contributed by atoms with Crippen LogP contribution < -0.4 is 11.1 Å². The Kier molecular flexibility index (Phi) is 6.14. The van der Waals surface area contributed by atoms with E-state index in [4.69, 9.17) is 10.5 Å². The van der Waals surface area contributed by atoms with Gasteiger partial charge < -0.3 is 15.8 Å². The van der Waals surface area contributed by atoms with E-state index >= 15 is 0 Å². The van der Waals surface area contributed by atoms with Crippen molar-refractivity contribution in [2.24, 2.45) is 5.73 Å². The highest BCUT2D eigenvalue weighted by Crippen LogP contribution is 2.28. The summed E-state index contributed by atoms with van der Waals surface area (Å²) >= 11 is 1.37. The van der Waals surface area contributed by atoms with E-state index in [2.05, 4.69) is 5.32 Å². The van der Waals surface area contributed by atoms with Gasteiger partial charge in [0.05, 0.1) is 12.6 Å². The molecule has 2 rings (SSSR count). The van der Waals surface area contributed by atoms with Gasteiger partial charge in [-0.05, 0) is 43.5 Å². The molecule has 0 aliphatic rings. The van der Waals surface area contributed by atoms with E-state index in [1.807, 2.05) is 12.1 Å². The van der Waals surface area contributed by atoms with Gasteiger partial charge in [-0.1, -0.05) is 0 Å². The lowest BCUT2D eigenvalue weighted by Crippen LogP contribution is -2.32. The van der Waals surface area contributed by atoms with Gasteiger partial charge in [-0.15, -0.1) is 23.7 Å². The number of hydrogen-bond donors (Lipinski definition) is 2. The first kappa shape index (κ1) is 17.4. The molecule has 0 fully saturated rings. The second-order valence-electron chi connectivity index (χ2n) is 4.36. The number of anilines is 1. The molecule has 1 atom stereocenters. The summed E-state index contributed by atoms with van der Waals surface area (Å²) in [6, 6.07) is 6.66. The summed E-state index contributed by atoms with van der Waals surface area (Å²) < 4.78 is 5.93. The molecule has 0 radical (unpaired) electrons. The van der Waals surface area contributed by atoms with E-state index < -0.39 is 6.04 Å². The zero-order chi connectivity index (χ0) is 14.7. The number of fused-ring (bicyclic) bond motifs is 1. The van der Waals surface area contributed by atoms with Crippen LogP contribution >= 0.6 is 23.7 Å². The standard InChI is InChI=1S/C14H16N2O3S.ClH/c1-3-19-14(18)12-7-9-6-10(4-5-11(9)20-12)16-13(17)8(2)15;/h4-8H,3,15H2,1-2H3,(H,16,17);1H/t8-;/m0./s1. The van der Waals surface area contributed by atoms with Crippen LogP contribution in [0.15, 0.2) is 24.3 Å². The zero-order valence-electron chi connectivity index (χ0n) is 11.7. The molecule has 1 heterocycles. The van der Waals surface area contributed by atoms with Crippen LogP contribution in [0.5, 0.6) is 0 Å². The molecular formula is C14H17ClN2O3S. The minimum absolute atomic E-state index is 0. The van der Waals surface area contributed by atoms with Crippen LogP contribution in [0.25, 0.3) is 10.1 Å². The summed E-state index contributed by atoms with van der Waals surface area (Å²) in [5.74, 6) is -0.569. The highest BCUT2D eigenvalue weighted by Gasteiger charge is 2.12. The quantitative estimate of drug-likeness (QED) is 0.846. The number of hydrogen-bond acceptors (Lipinski definition) is 5. The first-order valence-corrected chi connectivity index (χ1v) is 7.10. The second-order valence-corrected chi connectivity index (χ2v) is 5.45. The normalized spacial score (nSPS) is 11.6. The second kappa shape index (κ2) is 7.40. The zero-order valence-corrected chi connectivity index (χ0v) is 13.3. The van der Waals surface area contributed by atoms with Crippen molar-refractivity contribution in [1.29, 1.82) is 0 Å². The highest BCUT2D eigenvalue weighted by atomic mass is 35.5. The molecule has 1 aromatic heterocycles. The van der Waals surface area contributed by atoms with Crippen LogP contribution in [0.3, 0.4) is 0 Å². The predicted octanol–water partition coefficient (Wildman–Crippen LogP) is 2.79. The molecule has 0 bridgehead atoms. The monoisotopic (exact) mass is 328 g/mol. The molecule has 2 aromatic rings. The minimum Gasteiger partial charge on any atom is -0.462 e. The Morgan fingerprint density at radius 2 is 2.10 bits per heavy atom. The lowest BCUT2D eigenvalue weighted by atomic mass is 10.2. The molecule has 0 spiro atoms. The molecule has 5 nitrogen and oxygen atoms in total. The SMILES string of the molecule is CCOC(=O)c1cc2cc(NC(=O)[C@H](C)N)ccc2s1.Cl. The van der Waals surface area contributed by atoms with Gasteiger partial charge in [0.1, 0.15) is 4.88 Å². The lowest BCUT2D eigenvalue weighted by molar-refractivity contribution is -0.117. The van der Waals surface area contributed by atoms with Gasteiger partial charge in [0.15, 0.2) is 0 Å². The van der Waals surface area contributed by atoms with E-state index in [1.54, 1.807) is 26.0 Å². The van der Waals surface area contributed by atoms with Crippen molar-refractivity contribution >= 4 is 51.4 Å². The Balaban J connectivity index is 0.00000220. The summed E-state index contributed by atoms with van der Waals surface area (Å²) in [5, 5.41) is 3.61. The number of benzene rings is 1. The fourth-order valence-electron chi connectivity index (χ4n) is 1.68. The molecule has 7 heteroatoms. The Labute approximate surface area is 132 Å². The van der Waals surface area contributed by atoms with E-state index in [9.17, 15) is 9.59 Å². The third-order valence-electron chi connectivity index (χ3n) is 2.67. The number of halogens is 1. The number of amides is 1. The van der Waals surface area contributed by atoms with Crippen molar-refractivity contribution in [3.63, 3.8) is 0 Å². The molecule has 1 amide bonds. The molecule has 21 heavy (non-hydrogen) atoms. The summed E-state index contributed by atoms with van der Waals surface area (Å²) in [7, 11) is 0. The van der Waals surface area contributed by atoms with Crippen LogP contribution in [0.4, 0.5) is 5.69 Å². The molecule has 0 aliphatic carbocycles. The summed E-state index contributed by atoms with van der Waals surface area (Å²) in [5.41, 5.74) is 6.16. The molecule has 114 valence electrons. The average Bonchev–Trinajstić information content (AvgIpc) is 2.82. The summed E-state index contributed by atoms with van der Waals surface area (Å²) in [6.07, 6.45) is 0. The molecular weight excluding hydrogens is 312 g/mol. The number of nitrogens with one attached hydrogen (secondary N) is 1. The third kappa shape index (κ3) is 4.17. The maximum atomic E-state index is 11.7. The third-order valence-corrected chi connectivity index (χ3v) is 3.77. The highest BCUT2D eigenvalue weighted by molar-refractivity contribution is 7.20. The minimum atomic E-state index is -0.566.